The molecule has 0 aliphatic heterocycles. The highest BCUT2D eigenvalue weighted by Gasteiger charge is 2.21. The van der Waals surface area contributed by atoms with Crippen LogP contribution >= 0.6 is 0 Å². The van der Waals surface area contributed by atoms with E-state index in [0.717, 1.165) is 11.1 Å². The summed E-state index contributed by atoms with van der Waals surface area (Å²) in [5.74, 6) is 6.13. The van der Waals surface area contributed by atoms with E-state index in [2.05, 4.69) is 62.2 Å². The number of rotatable bonds is 0. The maximum atomic E-state index is 12.1. The van der Waals surface area contributed by atoms with Gasteiger partial charge in [0.25, 0.3) is 0 Å². The lowest BCUT2D eigenvalue weighted by molar-refractivity contribution is 0.0994. The van der Waals surface area contributed by atoms with Crippen LogP contribution in [-0.2, 0) is 0 Å². The summed E-state index contributed by atoms with van der Waals surface area (Å²) < 4.78 is 0. The molecular weight excluding hydrogens is 328 g/mol. The molecule has 0 unspecified atom stereocenters. The highest BCUT2D eigenvalue weighted by molar-refractivity contribution is 6.84. The molecule has 0 saturated carbocycles. The van der Waals surface area contributed by atoms with Gasteiger partial charge in [0.2, 0.25) is 0 Å². The Morgan fingerprint density at radius 3 is 1.29 bits per heavy atom. The lowest BCUT2D eigenvalue weighted by Crippen LogP contribution is -2.17. The molecule has 0 bridgehead atoms. The summed E-state index contributed by atoms with van der Waals surface area (Å²) in [6.45, 7) is 13.0. The molecule has 0 fully saturated rings. The molecule has 0 aromatic heterocycles. The van der Waals surface area contributed by atoms with Gasteiger partial charge < -0.3 is 0 Å². The summed E-state index contributed by atoms with van der Waals surface area (Å²) in [6, 6.07) is 3.47. The van der Waals surface area contributed by atoms with Crippen LogP contribution in [0.25, 0.3) is 0 Å². The van der Waals surface area contributed by atoms with E-state index in [1.54, 1.807) is 12.1 Å². The highest BCUT2D eigenvalue weighted by atomic mass is 28.3. The van der Waals surface area contributed by atoms with Gasteiger partial charge >= 0.3 is 0 Å². The Bertz CT molecular complexity index is 798. The number of hydrogen-bond acceptors (Lipinski definition) is 2. The molecule has 0 heterocycles. The Morgan fingerprint density at radius 2 is 1.00 bits per heavy atom. The first kappa shape index (κ1) is 18.2. The number of allylic oxidation sites excluding steroid dienone is 2. The minimum Gasteiger partial charge on any atom is -0.289 e. The van der Waals surface area contributed by atoms with Crippen LogP contribution in [0, 0.1) is 22.9 Å². The summed E-state index contributed by atoms with van der Waals surface area (Å²) in [7, 11) is -3.11. The molecule has 2 rings (SSSR count). The third-order valence-electron chi connectivity index (χ3n) is 3.22. The summed E-state index contributed by atoms with van der Waals surface area (Å²) in [5.41, 5.74) is 9.01. The van der Waals surface area contributed by atoms with Crippen LogP contribution in [0.3, 0.4) is 0 Å². The predicted molar refractivity (Wildman–Crippen MR) is 105 cm³/mol. The van der Waals surface area contributed by atoms with Crippen molar-refractivity contribution in [3.63, 3.8) is 0 Å². The van der Waals surface area contributed by atoms with Gasteiger partial charge in [0.05, 0.1) is 0 Å². The Morgan fingerprint density at radius 1 is 0.667 bits per heavy atom. The Balaban J connectivity index is 2.69. The van der Waals surface area contributed by atoms with Gasteiger partial charge in [-0.3, -0.25) is 9.59 Å². The van der Waals surface area contributed by atoms with Crippen LogP contribution in [0.4, 0.5) is 0 Å². The van der Waals surface area contributed by atoms with E-state index >= 15 is 0 Å². The van der Waals surface area contributed by atoms with E-state index in [1.807, 2.05) is 0 Å². The Hall–Kier alpha value is -2.15. The molecule has 1 aromatic rings. The van der Waals surface area contributed by atoms with Gasteiger partial charge in [-0.25, -0.2) is 0 Å². The zero-order valence-electron chi connectivity index (χ0n) is 15.1. The van der Waals surface area contributed by atoms with Crippen LogP contribution in [-0.4, -0.2) is 27.7 Å². The van der Waals surface area contributed by atoms with Gasteiger partial charge in [0.1, 0.15) is 16.1 Å². The first-order valence-corrected chi connectivity index (χ1v) is 15.0. The summed E-state index contributed by atoms with van der Waals surface area (Å²) in [6.07, 6.45) is 2.65. The minimum absolute atomic E-state index is 0.148. The van der Waals surface area contributed by atoms with E-state index in [-0.39, 0.29) is 11.6 Å². The average molecular weight is 351 g/mol. The fourth-order valence-electron chi connectivity index (χ4n) is 2.05. The average Bonchev–Trinajstić information content (AvgIpc) is 2.45. The molecule has 4 heteroatoms. The molecule has 0 saturated heterocycles. The second-order valence-electron chi connectivity index (χ2n) is 8.01. The van der Waals surface area contributed by atoms with E-state index in [9.17, 15) is 9.59 Å². The van der Waals surface area contributed by atoms with Crippen LogP contribution < -0.4 is 0 Å². The summed E-state index contributed by atoms with van der Waals surface area (Å²) in [5, 5.41) is 0. The molecular formula is C20H22O2Si2. The quantitative estimate of drug-likeness (QED) is 0.522. The Labute approximate surface area is 146 Å². The van der Waals surface area contributed by atoms with Crippen molar-refractivity contribution < 1.29 is 9.59 Å². The zero-order chi connectivity index (χ0) is 18.1. The van der Waals surface area contributed by atoms with Crippen LogP contribution in [0.1, 0.15) is 31.8 Å². The smallest absolute Gasteiger partial charge is 0.186 e. The van der Waals surface area contributed by atoms with Crippen molar-refractivity contribution in [3.8, 4) is 22.9 Å². The van der Waals surface area contributed by atoms with Gasteiger partial charge in [0, 0.05) is 22.3 Å². The topological polar surface area (TPSA) is 34.1 Å². The number of hydrogen-bond donors (Lipinski definition) is 0. The van der Waals surface area contributed by atoms with Gasteiger partial charge in [0.15, 0.2) is 11.6 Å². The van der Waals surface area contributed by atoms with Gasteiger partial charge in [-0.2, -0.15) is 0 Å². The molecule has 0 spiro atoms. The maximum absolute atomic E-state index is 12.1. The highest BCUT2D eigenvalue weighted by Crippen LogP contribution is 2.22. The number of fused-ring (bicyclic) bond motifs is 1. The largest absolute Gasteiger partial charge is 0.289 e. The zero-order valence-corrected chi connectivity index (χ0v) is 17.1. The first-order valence-electron chi connectivity index (χ1n) is 7.97. The second kappa shape index (κ2) is 6.39. The molecule has 1 aliphatic carbocycles. The van der Waals surface area contributed by atoms with Gasteiger partial charge in [-0.1, -0.05) is 51.1 Å². The molecule has 0 atom stereocenters. The fraction of sp³-hybridized carbons (Fsp3) is 0.300. The van der Waals surface area contributed by atoms with Crippen molar-refractivity contribution in [2.75, 3.05) is 0 Å². The van der Waals surface area contributed by atoms with Crippen LogP contribution in [0.15, 0.2) is 24.3 Å². The van der Waals surface area contributed by atoms with Crippen molar-refractivity contribution in [2.45, 2.75) is 39.3 Å². The number of ketones is 2. The van der Waals surface area contributed by atoms with Crippen molar-refractivity contribution in [1.29, 1.82) is 0 Å². The van der Waals surface area contributed by atoms with Crippen LogP contribution in [0.5, 0.6) is 0 Å². The number of carbonyl (C=O) groups excluding carboxylic acids is 2. The second-order valence-corrected chi connectivity index (χ2v) is 17.5. The van der Waals surface area contributed by atoms with Crippen molar-refractivity contribution in [2.24, 2.45) is 0 Å². The van der Waals surface area contributed by atoms with E-state index in [4.69, 9.17) is 0 Å². The van der Waals surface area contributed by atoms with Crippen molar-refractivity contribution >= 4 is 27.7 Å². The molecule has 1 aromatic carbocycles. The molecule has 0 amide bonds. The maximum Gasteiger partial charge on any atom is 0.186 e. The Kier molecular flexibility index (Phi) is 4.85. The lowest BCUT2D eigenvalue weighted by Gasteiger charge is -2.12. The fourth-order valence-corrected chi connectivity index (χ4v) is 3.07. The standard InChI is InChI=1S/C20H22O2Si2/c1-23(2,3)11-9-15-13-17-18(20(22)8-7-19(17)21)14-16(15)10-12-24(4,5)6/h7-8,13-14H,1-6H3. The third kappa shape index (κ3) is 4.67. The predicted octanol–water partition coefficient (Wildman–Crippen LogP) is 4.08. The number of carbonyl (C=O) groups is 2. The van der Waals surface area contributed by atoms with Crippen molar-refractivity contribution in [3.05, 3.63) is 46.5 Å². The summed E-state index contributed by atoms with van der Waals surface area (Å²) >= 11 is 0. The third-order valence-corrected chi connectivity index (χ3v) is 4.97. The van der Waals surface area contributed by atoms with E-state index < -0.39 is 16.1 Å². The van der Waals surface area contributed by atoms with Gasteiger partial charge in [-0.05, 0) is 24.3 Å². The molecule has 1 aliphatic rings. The SMILES string of the molecule is C[Si](C)(C)C#Cc1cc2c(cc1C#C[Si](C)(C)C)C(=O)C=CC2=O. The molecule has 0 radical (unpaired) electrons. The normalized spacial score (nSPS) is 13.6. The molecule has 24 heavy (non-hydrogen) atoms. The molecule has 2 nitrogen and oxygen atoms in total. The molecule has 122 valence electrons. The van der Waals surface area contributed by atoms with Crippen LogP contribution in [0.2, 0.25) is 39.3 Å². The molecule has 0 N–H and O–H groups in total. The van der Waals surface area contributed by atoms with E-state index in [1.165, 1.54) is 12.2 Å². The van der Waals surface area contributed by atoms with E-state index in [0.29, 0.717) is 11.1 Å². The monoisotopic (exact) mass is 350 g/mol. The first-order chi connectivity index (χ1) is 11.0. The lowest BCUT2D eigenvalue weighted by atomic mass is 9.90. The minimum atomic E-state index is -1.55. The van der Waals surface area contributed by atoms with Gasteiger partial charge in [-0.15, -0.1) is 11.1 Å². The number of benzene rings is 1. The van der Waals surface area contributed by atoms with Crippen molar-refractivity contribution in [1.82, 2.24) is 0 Å². The summed E-state index contributed by atoms with van der Waals surface area (Å²) in [4.78, 5) is 24.2.